The highest BCUT2D eigenvalue weighted by Gasteiger charge is 2.33. The molecule has 1 fully saturated rings. The number of hydrogen-bond donors (Lipinski definition) is 1. The van der Waals surface area contributed by atoms with Gasteiger partial charge in [-0.05, 0) is 37.3 Å². The fraction of sp³-hybridized carbons (Fsp3) is 0.421. The summed E-state index contributed by atoms with van der Waals surface area (Å²) in [7, 11) is 0. The summed E-state index contributed by atoms with van der Waals surface area (Å²) < 4.78 is 11.1. The number of rotatable bonds is 5. The van der Waals surface area contributed by atoms with Crippen molar-refractivity contribution in [3.63, 3.8) is 0 Å². The zero-order chi connectivity index (χ0) is 17.6. The van der Waals surface area contributed by atoms with Gasteiger partial charge in [0.1, 0.15) is 24.7 Å². The van der Waals surface area contributed by atoms with E-state index in [9.17, 15) is 9.59 Å². The zero-order valence-corrected chi connectivity index (χ0v) is 14.2. The number of carbonyl (C=O) groups excluding carboxylic acids is 2. The molecule has 3 unspecified atom stereocenters. The van der Waals surface area contributed by atoms with Gasteiger partial charge >= 0.3 is 0 Å². The van der Waals surface area contributed by atoms with Crippen LogP contribution in [0.2, 0.25) is 0 Å². The van der Waals surface area contributed by atoms with Crippen LogP contribution in [0.5, 0.6) is 0 Å². The van der Waals surface area contributed by atoms with Crippen LogP contribution in [0, 0.1) is 5.92 Å². The van der Waals surface area contributed by atoms with E-state index in [1.54, 1.807) is 43.0 Å². The fourth-order valence-corrected chi connectivity index (χ4v) is 3.11. The summed E-state index contributed by atoms with van der Waals surface area (Å²) in [6.45, 7) is 1.81. The number of ketones is 1. The number of amides is 1. The van der Waals surface area contributed by atoms with Gasteiger partial charge in [0.25, 0.3) is 5.91 Å². The standard InChI is InChI=1S/C19H22N2O4/c1-2-16(22)14-4-6-15(7-5-14)19(23)21-20-12-13-3-8-17-18(11-13)25-10-9-24-17/h4-7,9-10,12-13,17-18H,2-3,8,11H2,1H3,(H,21,23)/b20-12+. The predicted molar refractivity (Wildman–Crippen MR) is 93.2 cm³/mol. The van der Waals surface area contributed by atoms with Crippen molar-refractivity contribution in [2.45, 2.75) is 44.8 Å². The molecule has 1 N–H and O–H groups in total. The summed E-state index contributed by atoms with van der Waals surface area (Å²) in [4.78, 5) is 23.7. The molecular weight excluding hydrogens is 320 g/mol. The van der Waals surface area contributed by atoms with E-state index in [-0.39, 0.29) is 29.8 Å². The lowest BCUT2D eigenvalue weighted by atomic mass is 9.86. The van der Waals surface area contributed by atoms with Crippen molar-refractivity contribution in [3.05, 3.63) is 47.9 Å². The van der Waals surface area contributed by atoms with Crippen molar-refractivity contribution < 1.29 is 19.1 Å². The van der Waals surface area contributed by atoms with E-state index >= 15 is 0 Å². The number of nitrogens with one attached hydrogen (secondary N) is 1. The molecule has 0 saturated heterocycles. The Kier molecular flexibility index (Phi) is 5.48. The van der Waals surface area contributed by atoms with Crippen LogP contribution in [0.15, 0.2) is 41.9 Å². The maximum absolute atomic E-state index is 12.1. The largest absolute Gasteiger partial charge is 0.491 e. The van der Waals surface area contributed by atoms with E-state index in [0.717, 1.165) is 19.3 Å². The minimum Gasteiger partial charge on any atom is -0.491 e. The summed E-state index contributed by atoms with van der Waals surface area (Å²) in [5, 5.41) is 4.08. The van der Waals surface area contributed by atoms with E-state index in [1.807, 2.05) is 6.92 Å². The molecule has 1 amide bonds. The van der Waals surface area contributed by atoms with Gasteiger partial charge in [0, 0.05) is 23.8 Å². The molecular formula is C19H22N2O4. The van der Waals surface area contributed by atoms with Crippen molar-refractivity contribution in [1.29, 1.82) is 0 Å². The van der Waals surface area contributed by atoms with Gasteiger partial charge in [-0.1, -0.05) is 19.1 Å². The van der Waals surface area contributed by atoms with E-state index in [1.165, 1.54) is 0 Å². The molecule has 1 saturated carbocycles. The highest BCUT2D eigenvalue weighted by molar-refractivity contribution is 5.98. The quantitative estimate of drug-likeness (QED) is 0.507. The predicted octanol–water partition coefficient (Wildman–Crippen LogP) is 3.05. The van der Waals surface area contributed by atoms with Gasteiger partial charge in [-0.15, -0.1) is 0 Å². The molecule has 3 atom stereocenters. The minimum atomic E-state index is -0.291. The van der Waals surface area contributed by atoms with Crippen LogP contribution in [0.4, 0.5) is 0 Å². The van der Waals surface area contributed by atoms with Gasteiger partial charge < -0.3 is 9.47 Å². The third-order valence-corrected chi connectivity index (χ3v) is 4.58. The Balaban J connectivity index is 1.51. The monoisotopic (exact) mass is 342 g/mol. The first kappa shape index (κ1) is 17.2. The van der Waals surface area contributed by atoms with Crippen molar-refractivity contribution in [3.8, 4) is 0 Å². The fourth-order valence-electron chi connectivity index (χ4n) is 3.11. The number of benzene rings is 1. The van der Waals surface area contributed by atoms with Crippen molar-refractivity contribution in [2.75, 3.05) is 0 Å². The molecule has 1 aromatic rings. The second-order valence-corrected chi connectivity index (χ2v) is 6.27. The van der Waals surface area contributed by atoms with Crippen LogP contribution >= 0.6 is 0 Å². The average Bonchev–Trinajstić information content (AvgIpc) is 2.67. The van der Waals surface area contributed by atoms with Crippen molar-refractivity contribution in [1.82, 2.24) is 5.43 Å². The SMILES string of the molecule is CCC(=O)c1ccc(C(=O)N/N=C/C2CCC3OC=COC3C2)cc1. The van der Waals surface area contributed by atoms with E-state index in [2.05, 4.69) is 10.5 Å². The van der Waals surface area contributed by atoms with Crippen molar-refractivity contribution >= 4 is 17.9 Å². The third kappa shape index (κ3) is 4.26. The van der Waals surface area contributed by atoms with Crippen LogP contribution in [0.1, 0.15) is 53.3 Å². The molecule has 3 rings (SSSR count). The Morgan fingerprint density at radius 3 is 2.52 bits per heavy atom. The van der Waals surface area contributed by atoms with Crippen LogP contribution in [-0.2, 0) is 9.47 Å². The summed E-state index contributed by atoms with van der Waals surface area (Å²) >= 11 is 0. The smallest absolute Gasteiger partial charge is 0.271 e. The lowest BCUT2D eigenvalue weighted by Gasteiger charge is -2.35. The molecule has 1 aromatic carbocycles. The lowest BCUT2D eigenvalue weighted by molar-refractivity contribution is -0.0601. The Morgan fingerprint density at radius 1 is 1.12 bits per heavy atom. The summed E-state index contributed by atoms with van der Waals surface area (Å²) in [6.07, 6.45) is 8.24. The minimum absolute atomic E-state index is 0.0505. The number of hydrazone groups is 1. The highest BCUT2D eigenvalue weighted by Crippen LogP contribution is 2.30. The van der Waals surface area contributed by atoms with Crippen LogP contribution in [0.25, 0.3) is 0 Å². The first-order valence-corrected chi connectivity index (χ1v) is 8.60. The van der Waals surface area contributed by atoms with Gasteiger partial charge in [0.15, 0.2) is 5.78 Å². The Morgan fingerprint density at radius 2 is 1.80 bits per heavy atom. The third-order valence-electron chi connectivity index (χ3n) is 4.58. The van der Waals surface area contributed by atoms with Crippen LogP contribution in [0.3, 0.4) is 0 Å². The normalized spacial score (nSPS) is 24.9. The maximum Gasteiger partial charge on any atom is 0.271 e. The average molecular weight is 342 g/mol. The maximum atomic E-state index is 12.1. The van der Waals surface area contributed by atoms with E-state index in [0.29, 0.717) is 17.5 Å². The molecule has 6 nitrogen and oxygen atoms in total. The van der Waals surface area contributed by atoms with Gasteiger partial charge in [-0.2, -0.15) is 5.10 Å². The summed E-state index contributed by atoms with van der Waals surface area (Å²) in [5.41, 5.74) is 3.63. The molecule has 0 bridgehead atoms. The molecule has 0 aromatic heterocycles. The van der Waals surface area contributed by atoms with Crippen molar-refractivity contribution in [2.24, 2.45) is 11.0 Å². The Hall–Kier alpha value is -2.63. The molecule has 1 aliphatic heterocycles. The highest BCUT2D eigenvalue weighted by atomic mass is 16.6. The molecule has 0 spiro atoms. The zero-order valence-electron chi connectivity index (χ0n) is 14.2. The van der Waals surface area contributed by atoms with E-state index < -0.39 is 0 Å². The lowest BCUT2D eigenvalue weighted by Crippen LogP contribution is -2.38. The summed E-state index contributed by atoms with van der Waals surface area (Å²) in [5.74, 6) is 0.0196. The Bertz CT molecular complexity index is 681. The number of hydrogen-bond acceptors (Lipinski definition) is 5. The van der Waals surface area contributed by atoms with Gasteiger partial charge in [-0.3, -0.25) is 9.59 Å². The molecule has 132 valence electrons. The number of nitrogens with zero attached hydrogens (tertiary/aromatic N) is 1. The molecule has 25 heavy (non-hydrogen) atoms. The van der Waals surface area contributed by atoms with Crippen LogP contribution < -0.4 is 5.43 Å². The number of carbonyl (C=O) groups is 2. The van der Waals surface area contributed by atoms with Gasteiger partial charge in [0.05, 0.1) is 0 Å². The van der Waals surface area contributed by atoms with Crippen LogP contribution in [-0.4, -0.2) is 30.1 Å². The first-order chi connectivity index (χ1) is 12.2. The topological polar surface area (TPSA) is 77.0 Å². The number of ether oxygens (including phenoxy) is 2. The second kappa shape index (κ2) is 7.96. The van der Waals surface area contributed by atoms with Gasteiger partial charge in [0.2, 0.25) is 0 Å². The molecule has 0 radical (unpaired) electrons. The second-order valence-electron chi connectivity index (χ2n) is 6.27. The molecule has 6 heteroatoms. The number of Topliss-reactive ketones (excluding diaryl/α,β-unsaturated/α-hetero) is 1. The summed E-state index contributed by atoms with van der Waals surface area (Å²) in [6, 6.07) is 6.61. The molecule has 1 heterocycles. The molecule has 1 aliphatic carbocycles. The Labute approximate surface area is 146 Å². The number of fused-ring (bicyclic) bond motifs is 1. The van der Waals surface area contributed by atoms with E-state index in [4.69, 9.17) is 9.47 Å². The molecule has 2 aliphatic rings. The first-order valence-electron chi connectivity index (χ1n) is 8.60. The van der Waals surface area contributed by atoms with Gasteiger partial charge in [-0.25, -0.2) is 5.43 Å².